The zero-order chi connectivity index (χ0) is 21.3. The molecule has 0 spiro atoms. The largest absolute Gasteiger partial charge is 0.481 e. The fourth-order valence-corrected chi connectivity index (χ4v) is 3.48. The van der Waals surface area contributed by atoms with Crippen molar-refractivity contribution in [2.45, 2.75) is 6.92 Å². The van der Waals surface area contributed by atoms with E-state index in [1.54, 1.807) is 25.1 Å². The summed E-state index contributed by atoms with van der Waals surface area (Å²) in [7, 11) is 1.96. The van der Waals surface area contributed by atoms with Crippen LogP contribution >= 0.6 is 0 Å². The molecular weight excluding hydrogens is 382 g/mol. The zero-order valence-electron chi connectivity index (χ0n) is 16.8. The maximum atomic E-state index is 12.9. The van der Waals surface area contributed by atoms with E-state index in [0.717, 1.165) is 16.5 Å². The Morgan fingerprint density at radius 1 is 1.23 bits per heavy atom. The van der Waals surface area contributed by atoms with E-state index in [-0.39, 0.29) is 24.8 Å². The fraction of sp³-hybridized carbons (Fsp3) is 0.167. The van der Waals surface area contributed by atoms with Crippen molar-refractivity contribution in [1.82, 2.24) is 4.57 Å². The Morgan fingerprint density at radius 3 is 2.83 bits per heavy atom. The Bertz CT molecular complexity index is 1200. The van der Waals surface area contributed by atoms with Gasteiger partial charge in [-0.1, -0.05) is 30.9 Å². The predicted molar refractivity (Wildman–Crippen MR) is 114 cm³/mol. The lowest BCUT2D eigenvalue weighted by Gasteiger charge is -2.10. The molecule has 3 aromatic rings. The number of hydrogen-bond donors (Lipinski definition) is 0. The number of ketones is 1. The van der Waals surface area contributed by atoms with Gasteiger partial charge in [0.2, 0.25) is 5.78 Å². The van der Waals surface area contributed by atoms with E-state index in [9.17, 15) is 9.59 Å². The third-order valence-electron chi connectivity index (χ3n) is 4.96. The molecule has 0 saturated carbocycles. The standard InChI is InChI=1S/C24H21NO5/c1-4-11-28-22(26)14-29-20-10-9-18-23(27)21(30-24(18)15(20)2)12-16-13-25(3)19-8-6-5-7-17(16)19/h4-10,12-13H,1,11,14H2,2-3H3/b21-12-. The van der Waals surface area contributed by atoms with E-state index >= 15 is 0 Å². The number of fused-ring (bicyclic) bond motifs is 2. The summed E-state index contributed by atoms with van der Waals surface area (Å²) in [6, 6.07) is 11.3. The second-order valence-corrected chi connectivity index (χ2v) is 6.98. The topological polar surface area (TPSA) is 66.8 Å². The molecule has 0 fully saturated rings. The molecular formula is C24H21NO5. The molecule has 0 atom stereocenters. The van der Waals surface area contributed by atoms with E-state index in [4.69, 9.17) is 14.2 Å². The van der Waals surface area contributed by atoms with Gasteiger partial charge in [-0.3, -0.25) is 4.79 Å². The summed E-state index contributed by atoms with van der Waals surface area (Å²) >= 11 is 0. The van der Waals surface area contributed by atoms with Gasteiger partial charge in [0, 0.05) is 35.3 Å². The quantitative estimate of drug-likeness (QED) is 0.350. The van der Waals surface area contributed by atoms with Gasteiger partial charge in [-0.2, -0.15) is 0 Å². The maximum absolute atomic E-state index is 12.9. The number of esters is 1. The van der Waals surface area contributed by atoms with E-state index in [2.05, 4.69) is 6.58 Å². The molecule has 0 N–H and O–H groups in total. The van der Waals surface area contributed by atoms with Crippen molar-refractivity contribution in [3.05, 3.63) is 77.7 Å². The van der Waals surface area contributed by atoms with Crippen LogP contribution < -0.4 is 9.47 Å². The number of aromatic nitrogens is 1. The highest BCUT2D eigenvalue weighted by atomic mass is 16.6. The Hall–Kier alpha value is -3.80. The summed E-state index contributed by atoms with van der Waals surface area (Å²) in [6.07, 6.45) is 5.21. The molecule has 6 nitrogen and oxygen atoms in total. The van der Waals surface area contributed by atoms with Crippen molar-refractivity contribution in [3.8, 4) is 11.5 Å². The molecule has 0 saturated heterocycles. The zero-order valence-corrected chi connectivity index (χ0v) is 16.8. The van der Waals surface area contributed by atoms with Crippen LogP contribution in [0.4, 0.5) is 0 Å². The minimum absolute atomic E-state index is 0.130. The molecule has 0 radical (unpaired) electrons. The van der Waals surface area contributed by atoms with Crippen LogP contribution in [0.1, 0.15) is 21.5 Å². The Kier molecular flexibility index (Phi) is 5.14. The van der Waals surface area contributed by atoms with E-state index in [1.165, 1.54) is 6.08 Å². The highest BCUT2D eigenvalue weighted by molar-refractivity contribution is 6.15. The van der Waals surface area contributed by atoms with E-state index in [0.29, 0.717) is 22.6 Å². The molecule has 0 unspecified atom stereocenters. The third-order valence-corrected chi connectivity index (χ3v) is 4.96. The normalized spacial score (nSPS) is 13.9. The van der Waals surface area contributed by atoms with Gasteiger partial charge in [0.25, 0.3) is 0 Å². The molecule has 4 rings (SSSR count). The molecule has 2 aromatic carbocycles. The molecule has 6 heteroatoms. The number of allylic oxidation sites excluding steroid dienone is 1. The summed E-state index contributed by atoms with van der Waals surface area (Å²) in [5, 5.41) is 1.04. The van der Waals surface area contributed by atoms with Crippen LogP contribution in [0, 0.1) is 6.92 Å². The lowest BCUT2D eigenvalue weighted by Crippen LogP contribution is -2.15. The van der Waals surface area contributed by atoms with Crippen molar-refractivity contribution >= 4 is 28.7 Å². The smallest absolute Gasteiger partial charge is 0.344 e. The van der Waals surface area contributed by atoms with Crippen molar-refractivity contribution < 1.29 is 23.8 Å². The molecule has 0 amide bonds. The minimum Gasteiger partial charge on any atom is -0.481 e. The average Bonchev–Trinajstić information content (AvgIpc) is 3.24. The molecule has 1 aliphatic rings. The number of rotatable bonds is 6. The van der Waals surface area contributed by atoms with E-state index in [1.807, 2.05) is 42.1 Å². The molecule has 1 aromatic heterocycles. The van der Waals surface area contributed by atoms with Gasteiger partial charge in [0.05, 0.1) is 5.56 Å². The Balaban J connectivity index is 1.59. The van der Waals surface area contributed by atoms with Crippen LogP contribution in [0.2, 0.25) is 0 Å². The first kappa shape index (κ1) is 19.5. The van der Waals surface area contributed by atoms with Gasteiger partial charge in [-0.25, -0.2) is 4.79 Å². The predicted octanol–water partition coefficient (Wildman–Crippen LogP) is 4.21. The Morgan fingerprint density at radius 2 is 2.03 bits per heavy atom. The van der Waals surface area contributed by atoms with Crippen LogP contribution in [0.25, 0.3) is 17.0 Å². The van der Waals surface area contributed by atoms with E-state index < -0.39 is 5.97 Å². The first-order chi connectivity index (χ1) is 14.5. The van der Waals surface area contributed by atoms with Gasteiger partial charge in [0.1, 0.15) is 18.1 Å². The van der Waals surface area contributed by atoms with Crippen molar-refractivity contribution in [1.29, 1.82) is 0 Å². The summed E-state index contributed by atoms with van der Waals surface area (Å²) in [5.74, 6) is 0.486. The Labute approximate surface area is 174 Å². The second-order valence-electron chi connectivity index (χ2n) is 6.98. The van der Waals surface area contributed by atoms with Crippen LogP contribution in [-0.4, -0.2) is 29.5 Å². The van der Waals surface area contributed by atoms with Crippen LogP contribution in [0.3, 0.4) is 0 Å². The monoisotopic (exact) mass is 403 g/mol. The summed E-state index contributed by atoms with van der Waals surface area (Å²) in [4.78, 5) is 24.5. The number of Topliss-reactive ketones (excluding diaryl/α,β-unsaturated/α-hetero) is 1. The maximum Gasteiger partial charge on any atom is 0.344 e. The highest BCUT2D eigenvalue weighted by Gasteiger charge is 2.30. The summed E-state index contributed by atoms with van der Waals surface area (Å²) < 4.78 is 18.4. The number of ether oxygens (including phenoxy) is 3. The van der Waals surface area contributed by atoms with Crippen molar-refractivity contribution in [2.75, 3.05) is 13.2 Å². The number of para-hydroxylation sites is 1. The minimum atomic E-state index is -0.497. The van der Waals surface area contributed by atoms with Gasteiger partial charge >= 0.3 is 5.97 Å². The SMILES string of the molecule is C=CCOC(=O)COc1ccc2c(c1C)O/C(=C\c1cn(C)c3ccccc13)C2=O. The van der Waals surface area contributed by atoms with Crippen LogP contribution in [-0.2, 0) is 16.6 Å². The lowest BCUT2D eigenvalue weighted by molar-refractivity contribution is -0.144. The van der Waals surface area contributed by atoms with Gasteiger partial charge < -0.3 is 18.8 Å². The lowest BCUT2D eigenvalue weighted by atomic mass is 10.1. The molecule has 1 aliphatic heterocycles. The summed E-state index contributed by atoms with van der Waals surface area (Å²) in [5.41, 5.74) is 3.10. The first-order valence-corrected chi connectivity index (χ1v) is 9.51. The highest BCUT2D eigenvalue weighted by Crippen LogP contribution is 2.39. The molecule has 30 heavy (non-hydrogen) atoms. The number of hydrogen-bond acceptors (Lipinski definition) is 5. The number of aryl methyl sites for hydroxylation is 1. The molecule has 2 heterocycles. The van der Waals surface area contributed by atoms with Crippen LogP contribution in [0.5, 0.6) is 11.5 Å². The fourth-order valence-electron chi connectivity index (χ4n) is 3.48. The number of nitrogens with zero attached hydrogens (tertiary/aromatic N) is 1. The van der Waals surface area contributed by atoms with Gasteiger partial charge in [0.15, 0.2) is 12.4 Å². The molecule has 0 bridgehead atoms. The van der Waals surface area contributed by atoms with Gasteiger partial charge in [-0.15, -0.1) is 0 Å². The third kappa shape index (κ3) is 3.48. The molecule has 152 valence electrons. The van der Waals surface area contributed by atoms with Crippen molar-refractivity contribution in [3.63, 3.8) is 0 Å². The van der Waals surface area contributed by atoms with Gasteiger partial charge in [-0.05, 0) is 31.2 Å². The number of carbonyl (C=O) groups excluding carboxylic acids is 2. The second kappa shape index (κ2) is 7.91. The molecule has 0 aliphatic carbocycles. The summed E-state index contributed by atoms with van der Waals surface area (Å²) in [6.45, 7) is 5.18. The average molecular weight is 403 g/mol. The number of carbonyl (C=O) groups is 2. The number of benzene rings is 2. The van der Waals surface area contributed by atoms with Crippen LogP contribution in [0.15, 0.2) is 61.0 Å². The first-order valence-electron chi connectivity index (χ1n) is 9.51. The van der Waals surface area contributed by atoms with Crippen molar-refractivity contribution in [2.24, 2.45) is 7.05 Å².